The maximum Gasteiger partial charge on any atom is 0.338 e. The Morgan fingerprint density at radius 2 is 0.970 bits per heavy atom. The van der Waals surface area contributed by atoms with E-state index in [9.17, 15) is 14.4 Å². The molecule has 0 saturated carbocycles. The van der Waals surface area contributed by atoms with E-state index >= 15 is 0 Å². The zero-order chi connectivity index (χ0) is 24.9. The van der Waals surface area contributed by atoms with Crippen molar-refractivity contribution in [2.45, 2.75) is 27.7 Å². The van der Waals surface area contributed by atoms with Gasteiger partial charge in [-0.2, -0.15) is 0 Å². The monoisotopic (exact) mass is 446 g/mol. The van der Waals surface area contributed by atoms with Crippen molar-refractivity contribution in [2.75, 3.05) is 0 Å². The normalized spacial score (nSPS) is 10.1. The smallest absolute Gasteiger partial charge is 0.338 e. The Labute approximate surface area is 193 Å². The zero-order valence-electron chi connectivity index (χ0n) is 19.2. The fourth-order valence-corrected chi connectivity index (χ4v) is 2.54. The molecule has 6 nitrogen and oxygen atoms in total. The SMILES string of the molecule is C=C(C)C(=O)Oc1ccc(-c2ccc(OC(=O)C(=C)C)c(C(=C)C)c2)cc1OC(=O)C(=C)C. The second kappa shape index (κ2) is 10.4. The topological polar surface area (TPSA) is 78.9 Å². The van der Waals surface area contributed by atoms with Crippen LogP contribution in [0.2, 0.25) is 0 Å². The van der Waals surface area contributed by atoms with E-state index in [-0.39, 0.29) is 28.2 Å². The number of hydrogen-bond acceptors (Lipinski definition) is 6. The molecule has 0 aliphatic heterocycles. The average molecular weight is 446 g/mol. The van der Waals surface area contributed by atoms with Crippen LogP contribution in [0.15, 0.2) is 79.4 Å². The van der Waals surface area contributed by atoms with Crippen LogP contribution in [0.5, 0.6) is 17.2 Å². The van der Waals surface area contributed by atoms with Crippen molar-refractivity contribution in [3.63, 3.8) is 0 Å². The number of benzene rings is 2. The second-order valence-corrected chi connectivity index (χ2v) is 7.66. The van der Waals surface area contributed by atoms with Crippen molar-refractivity contribution in [3.8, 4) is 28.4 Å². The third-order valence-electron chi connectivity index (χ3n) is 4.37. The minimum absolute atomic E-state index is 0.0461. The van der Waals surface area contributed by atoms with Gasteiger partial charge in [-0.3, -0.25) is 0 Å². The molecule has 0 aromatic heterocycles. The third kappa shape index (κ3) is 6.40. The van der Waals surface area contributed by atoms with E-state index in [0.29, 0.717) is 22.4 Å². The van der Waals surface area contributed by atoms with E-state index < -0.39 is 17.9 Å². The van der Waals surface area contributed by atoms with Crippen molar-refractivity contribution < 1.29 is 28.6 Å². The van der Waals surface area contributed by atoms with Gasteiger partial charge in [-0.25, -0.2) is 14.4 Å². The summed E-state index contributed by atoms with van der Waals surface area (Å²) in [6.07, 6.45) is 0. The van der Waals surface area contributed by atoms with Crippen LogP contribution < -0.4 is 14.2 Å². The first-order valence-electron chi connectivity index (χ1n) is 9.98. The van der Waals surface area contributed by atoms with E-state index in [1.54, 1.807) is 44.2 Å². The first-order valence-corrected chi connectivity index (χ1v) is 9.98. The van der Waals surface area contributed by atoms with Crippen molar-refractivity contribution >= 4 is 23.5 Å². The Morgan fingerprint density at radius 3 is 1.42 bits per heavy atom. The fraction of sp³-hybridized carbons (Fsp3) is 0.148. The quantitative estimate of drug-likeness (QED) is 0.288. The molecule has 0 aliphatic rings. The first-order chi connectivity index (χ1) is 15.4. The Bertz CT molecular complexity index is 1200. The van der Waals surface area contributed by atoms with Gasteiger partial charge in [0, 0.05) is 22.3 Å². The molecule has 0 amide bonds. The van der Waals surface area contributed by atoms with Crippen molar-refractivity contribution in [1.82, 2.24) is 0 Å². The van der Waals surface area contributed by atoms with Crippen LogP contribution in [-0.2, 0) is 14.4 Å². The first kappa shape index (κ1) is 25.1. The molecule has 0 radical (unpaired) electrons. The zero-order valence-corrected chi connectivity index (χ0v) is 19.2. The van der Waals surface area contributed by atoms with Crippen LogP contribution in [0.1, 0.15) is 33.3 Å². The lowest BCUT2D eigenvalue weighted by Gasteiger charge is -2.15. The highest BCUT2D eigenvalue weighted by Crippen LogP contribution is 2.36. The van der Waals surface area contributed by atoms with Gasteiger partial charge in [-0.1, -0.05) is 38.4 Å². The summed E-state index contributed by atoms with van der Waals surface area (Å²) >= 11 is 0. The summed E-state index contributed by atoms with van der Waals surface area (Å²) in [6, 6.07) is 9.98. The predicted molar refractivity (Wildman–Crippen MR) is 128 cm³/mol. The number of hydrogen-bond donors (Lipinski definition) is 0. The van der Waals surface area contributed by atoms with E-state index in [0.717, 1.165) is 5.56 Å². The van der Waals surface area contributed by atoms with Crippen LogP contribution in [0.4, 0.5) is 0 Å². The predicted octanol–water partition coefficient (Wildman–Crippen LogP) is 5.83. The van der Waals surface area contributed by atoms with Gasteiger partial charge >= 0.3 is 17.9 Å². The van der Waals surface area contributed by atoms with Gasteiger partial charge in [-0.15, -0.1) is 0 Å². The molecule has 0 spiro atoms. The fourth-order valence-electron chi connectivity index (χ4n) is 2.54. The summed E-state index contributed by atoms with van der Waals surface area (Å²) in [4.78, 5) is 36.1. The summed E-state index contributed by atoms with van der Waals surface area (Å²) in [7, 11) is 0. The molecule has 0 unspecified atom stereocenters. The highest BCUT2D eigenvalue weighted by atomic mass is 16.6. The minimum Gasteiger partial charge on any atom is -0.423 e. The van der Waals surface area contributed by atoms with Gasteiger partial charge in [0.05, 0.1) is 0 Å². The molecule has 2 rings (SSSR count). The van der Waals surface area contributed by atoms with Crippen LogP contribution in [0.25, 0.3) is 16.7 Å². The van der Waals surface area contributed by atoms with Gasteiger partial charge in [0.2, 0.25) is 0 Å². The van der Waals surface area contributed by atoms with Crippen LogP contribution in [0, 0.1) is 0 Å². The van der Waals surface area contributed by atoms with E-state index in [4.69, 9.17) is 14.2 Å². The lowest BCUT2D eigenvalue weighted by atomic mass is 9.99. The van der Waals surface area contributed by atoms with Crippen LogP contribution >= 0.6 is 0 Å². The largest absolute Gasteiger partial charge is 0.423 e. The highest BCUT2D eigenvalue weighted by molar-refractivity contribution is 5.92. The molecule has 2 aromatic carbocycles. The minimum atomic E-state index is -0.663. The summed E-state index contributed by atoms with van der Waals surface area (Å²) < 4.78 is 16.1. The van der Waals surface area contributed by atoms with E-state index in [2.05, 4.69) is 26.3 Å². The Hall–Kier alpha value is -4.19. The Balaban J connectivity index is 2.54. The van der Waals surface area contributed by atoms with Crippen LogP contribution in [0.3, 0.4) is 0 Å². The number of carbonyl (C=O) groups is 3. The lowest BCUT2D eigenvalue weighted by Crippen LogP contribution is -2.12. The Kier molecular flexibility index (Phi) is 7.91. The number of allylic oxidation sites excluding steroid dienone is 1. The second-order valence-electron chi connectivity index (χ2n) is 7.66. The molecule has 6 heteroatoms. The van der Waals surface area contributed by atoms with Gasteiger partial charge in [0.1, 0.15) is 5.75 Å². The van der Waals surface area contributed by atoms with Crippen molar-refractivity contribution in [1.29, 1.82) is 0 Å². The molecule has 0 atom stereocenters. The number of rotatable bonds is 8. The molecular weight excluding hydrogens is 420 g/mol. The van der Waals surface area contributed by atoms with Gasteiger partial charge < -0.3 is 14.2 Å². The maximum atomic E-state index is 12.1. The van der Waals surface area contributed by atoms with Crippen molar-refractivity contribution in [2.24, 2.45) is 0 Å². The average Bonchev–Trinajstić information content (AvgIpc) is 2.74. The maximum absolute atomic E-state index is 12.1. The molecule has 0 aliphatic carbocycles. The number of ether oxygens (including phenoxy) is 3. The molecule has 170 valence electrons. The Morgan fingerprint density at radius 1 is 0.576 bits per heavy atom. The molecule has 33 heavy (non-hydrogen) atoms. The number of carbonyl (C=O) groups excluding carboxylic acids is 3. The van der Waals surface area contributed by atoms with E-state index in [1.807, 2.05) is 0 Å². The van der Waals surface area contributed by atoms with Gasteiger partial charge in [0.25, 0.3) is 0 Å². The molecule has 2 aromatic rings. The van der Waals surface area contributed by atoms with Crippen LogP contribution in [-0.4, -0.2) is 17.9 Å². The summed E-state index contributed by atoms with van der Waals surface area (Å²) in [6.45, 7) is 21.0. The molecular formula is C27H26O6. The standard InChI is InChI=1S/C27H26O6/c1-15(2)21-13-19(9-11-22(21)31-25(28)16(3)4)20-10-12-23(32-26(29)17(5)6)24(14-20)33-27(30)18(7)8/h9-14H,1,3,5,7H2,2,4,6,8H3. The molecule has 0 bridgehead atoms. The summed E-state index contributed by atoms with van der Waals surface area (Å²) in [5.41, 5.74) is 3.36. The van der Waals surface area contributed by atoms with Gasteiger partial charge in [-0.05, 0) is 68.7 Å². The summed E-state index contributed by atoms with van der Waals surface area (Å²) in [5.74, 6) is -1.39. The van der Waals surface area contributed by atoms with Crippen molar-refractivity contribution in [3.05, 3.63) is 85.0 Å². The lowest BCUT2D eigenvalue weighted by molar-refractivity contribution is -0.132. The molecule has 0 heterocycles. The molecule has 0 N–H and O–H groups in total. The van der Waals surface area contributed by atoms with Gasteiger partial charge in [0.15, 0.2) is 11.5 Å². The van der Waals surface area contributed by atoms with E-state index in [1.165, 1.54) is 19.9 Å². The highest BCUT2D eigenvalue weighted by Gasteiger charge is 2.17. The number of esters is 3. The molecule has 0 saturated heterocycles. The molecule has 0 fully saturated rings. The summed E-state index contributed by atoms with van der Waals surface area (Å²) in [5, 5.41) is 0. The third-order valence-corrected chi connectivity index (χ3v) is 4.37.